The van der Waals surface area contributed by atoms with E-state index in [0.717, 1.165) is 7.11 Å². The minimum Gasteiger partial charge on any atom is -0.452 e. The van der Waals surface area contributed by atoms with Gasteiger partial charge in [0.25, 0.3) is 0 Å². The monoisotopic (exact) mass is 270 g/mol. The second-order valence-corrected chi connectivity index (χ2v) is 4.53. The molecule has 0 aliphatic rings. The summed E-state index contributed by atoms with van der Waals surface area (Å²) in [6.45, 7) is 0. The van der Waals surface area contributed by atoms with E-state index in [4.69, 9.17) is 11.0 Å². The van der Waals surface area contributed by atoms with Crippen LogP contribution in [0.25, 0.3) is 0 Å². The molecule has 8 nitrogen and oxygen atoms in total. The maximum Gasteiger partial charge on any atom is 0.422 e. The molecular weight excluding hydrogens is 260 g/mol. The molecule has 1 aromatic rings. The van der Waals surface area contributed by atoms with Crippen molar-refractivity contribution >= 4 is 27.7 Å². The molecule has 0 bridgehead atoms. The predicted molar refractivity (Wildman–Crippen MR) is 63.7 cm³/mol. The number of hydrogen-bond acceptors (Lipinski definition) is 6. The molecule has 0 radical (unpaired) electrons. The van der Waals surface area contributed by atoms with Gasteiger partial charge in [-0.1, -0.05) is 0 Å². The highest BCUT2D eigenvalue weighted by Gasteiger charge is 2.16. The highest BCUT2D eigenvalue weighted by Crippen LogP contribution is 2.18. The molecule has 0 aliphatic carbocycles. The number of ether oxygens (including phenoxy) is 1. The summed E-state index contributed by atoms with van der Waals surface area (Å²) in [4.78, 5) is 10.8. The number of nitrogens with zero attached hydrogens (tertiary/aromatic N) is 1. The van der Waals surface area contributed by atoms with Crippen LogP contribution in [0.5, 0.6) is 0 Å². The van der Waals surface area contributed by atoms with Gasteiger partial charge in [-0.25, -0.2) is 9.52 Å². The second-order valence-electron chi connectivity index (χ2n) is 3.12. The van der Waals surface area contributed by atoms with Gasteiger partial charge in [-0.05, 0) is 18.2 Å². The number of carbonyl (C=O) groups is 1. The molecule has 0 fully saturated rings. The van der Waals surface area contributed by atoms with Gasteiger partial charge in [0.05, 0.1) is 18.4 Å². The van der Waals surface area contributed by atoms with Crippen molar-refractivity contribution < 1.29 is 17.9 Å². The molecule has 0 saturated heterocycles. The highest BCUT2D eigenvalue weighted by atomic mass is 32.2. The van der Waals surface area contributed by atoms with Crippen LogP contribution in [0.3, 0.4) is 0 Å². The number of nitrogen functional groups attached to an aromatic ring is 1. The number of rotatable bonds is 3. The Labute approximate surface area is 104 Å². The molecule has 9 heteroatoms. The van der Waals surface area contributed by atoms with Crippen LogP contribution >= 0.6 is 0 Å². The zero-order valence-corrected chi connectivity index (χ0v) is 10.1. The average Bonchev–Trinajstić information content (AvgIpc) is 2.30. The van der Waals surface area contributed by atoms with Gasteiger partial charge in [0.2, 0.25) is 0 Å². The van der Waals surface area contributed by atoms with Gasteiger partial charge in [-0.2, -0.15) is 13.7 Å². The number of nitriles is 1. The zero-order valence-electron chi connectivity index (χ0n) is 9.30. The lowest BCUT2D eigenvalue weighted by atomic mass is 10.2. The smallest absolute Gasteiger partial charge is 0.422 e. The van der Waals surface area contributed by atoms with E-state index in [-0.39, 0.29) is 11.3 Å². The van der Waals surface area contributed by atoms with E-state index < -0.39 is 16.3 Å². The van der Waals surface area contributed by atoms with Crippen LogP contribution in [-0.2, 0) is 14.9 Å². The molecule has 96 valence electrons. The molecule has 0 unspecified atom stereocenters. The van der Waals surface area contributed by atoms with Crippen LogP contribution in [0.1, 0.15) is 5.56 Å². The normalized spacial score (nSPS) is 10.2. The van der Waals surface area contributed by atoms with Crippen LogP contribution in [0.15, 0.2) is 18.2 Å². The highest BCUT2D eigenvalue weighted by molar-refractivity contribution is 7.91. The van der Waals surface area contributed by atoms with Crippen LogP contribution in [0.4, 0.5) is 16.2 Å². The topological polar surface area (TPSA) is 134 Å². The minimum absolute atomic E-state index is 0.00287. The maximum absolute atomic E-state index is 11.5. The summed E-state index contributed by atoms with van der Waals surface area (Å²) >= 11 is 0. The van der Waals surface area contributed by atoms with Crippen molar-refractivity contribution in [1.29, 1.82) is 5.26 Å². The van der Waals surface area contributed by atoms with E-state index in [2.05, 4.69) is 4.74 Å². The number of nitrogens with one attached hydrogen (secondary N) is 2. The third kappa shape index (κ3) is 3.53. The van der Waals surface area contributed by atoms with Gasteiger partial charge in [-0.3, -0.25) is 4.72 Å². The summed E-state index contributed by atoms with van der Waals surface area (Å²) in [6, 6.07) is 5.80. The van der Waals surface area contributed by atoms with Gasteiger partial charge >= 0.3 is 16.3 Å². The number of amides is 1. The quantitative estimate of drug-likeness (QED) is 0.669. The Morgan fingerprint density at radius 2 is 2.17 bits per heavy atom. The molecule has 0 aromatic heterocycles. The van der Waals surface area contributed by atoms with Crippen molar-refractivity contribution in [3.05, 3.63) is 23.8 Å². The first-order chi connectivity index (χ1) is 8.38. The molecule has 0 spiro atoms. The Balaban J connectivity index is 2.98. The molecule has 4 N–H and O–H groups in total. The number of benzene rings is 1. The van der Waals surface area contributed by atoms with Crippen LogP contribution in [0, 0.1) is 11.3 Å². The van der Waals surface area contributed by atoms with E-state index in [0.29, 0.717) is 5.69 Å². The number of hydrogen-bond donors (Lipinski definition) is 3. The van der Waals surface area contributed by atoms with Crippen LogP contribution in [-0.4, -0.2) is 21.6 Å². The molecule has 0 atom stereocenters. The molecule has 0 saturated carbocycles. The summed E-state index contributed by atoms with van der Waals surface area (Å²) in [5.41, 5.74) is 5.80. The number of methoxy groups -OCH3 is 1. The predicted octanol–water partition coefficient (Wildman–Crippen LogP) is 0.153. The molecule has 0 aliphatic heterocycles. The van der Waals surface area contributed by atoms with Gasteiger partial charge in [0.1, 0.15) is 6.07 Å². The molecule has 1 amide bonds. The summed E-state index contributed by atoms with van der Waals surface area (Å²) in [6.07, 6.45) is -1.14. The van der Waals surface area contributed by atoms with E-state index >= 15 is 0 Å². The summed E-state index contributed by atoms with van der Waals surface area (Å²) in [7, 11) is -3.14. The lowest BCUT2D eigenvalue weighted by molar-refractivity contribution is 0.177. The van der Waals surface area contributed by atoms with Crippen molar-refractivity contribution in [1.82, 2.24) is 4.72 Å². The van der Waals surface area contributed by atoms with Gasteiger partial charge in [-0.15, -0.1) is 0 Å². The first kappa shape index (κ1) is 13.6. The van der Waals surface area contributed by atoms with E-state index in [1.54, 1.807) is 10.8 Å². The Kier molecular flexibility index (Phi) is 3.96. The molecule has 1 aromatic carbocycles. The summed E-state index contributed by atoms with van der Waals surface area (Å²) in [5.74, 6) is 0. The standard InChI is InChI=1S/C9H10N4O4S/c1-17-9(14)13-18(15,16)12-8-3-2-7(11)4-6(8)5-10/h2-4,12H,11H2,1H3,(H,13,14). The molecule has 1 rings (SSSR count). The summed E-state index contributed by atoms with van der Waals surface area (Å²) in [5, 5.41) is 8.82. The molecular formula is C9H10N4O4S. The third-order valence-corrected chi connectivity index (χ3v) is 2.74. The van der Waals surface area contributed by atoms with Crippen LogP contribution < -0.4 is 15.2 Å². The average molecular weight is 270 g/mol. The summed E-state index contributed by atoms with van der Waals surface area (Å²) < 4.78 is 30.7. The van der Waals surface area contributed by atoms with E-state index in [1.807, 2.05) is 4.72 Å². The Morgan fingerprint density at radius 1 is 1.50 bits per heavy atom. The molecule has 18 heavy (non-hydrogen) atoms. The fourth-order valence-electron chi connectivity index (χ4n) is 1.07. The number of anilines is 2. The van der Waals surface area contributed by atoms with Gasteiger partial charge in [0, 0.05) is 5.69 Å². The van der Waals surface area contributed by atoms with Gasteiger partial charge < -0.3 is 10.5 Å². The van der Waals surface area contributed by atoms with Crippen molar-refractivity contribution in [2.75, 3.05) is 17.6 Å². The Bertz CT molecular complexity index is 605. The largest absolute Gasteiger partial charge is 0.452 e. The number of carbonyl (C=O) groups excluding carboxylic acids is 1. The van der Waals surface area contributed by atoms with Crippen molar-refractivity contribution in [2.24, 2.45) is 0 Å². The Morgan fingerprint density at radius 3 is 2.72 bits per heavy atom. The maximum atomic E-state index is 11.5. The lowest BCUT2D eigenvalue weighted by Crippen LogP contribution is -2.35. The number of nitrogens with two attached hydrogens (primary N) is 1. The van der Waals surface area contributed by atoms with Crippen molar-refractivity contribution in [2.45, 2.75) is 0 Å². The Hall–Kier alpha value is -2.47. The fourth-order valence-corrected chi connectivity index (χ4v) is 1.89. The van der Waals surface area contributed by atoms with Crippen molar-refractivity contribution in [3.8, 4) is 6.07 Å². The second kappa shape index (κ2) is 5.24. The van der Waals surface area contributed by atoms with Crippen molar-refractivity contribution in [3.63, 3.8) is 0 Å². The molecule has 0 heterocycles. The fraction of sp³-hybridized carbons (Fsp3) is 0.111. The zero-order chi connectivity index (χ0) is 13.8. The third-order valence-electron chi connectivity index (χ3n) is 1.81. The van der Waals surface area contributed by atoms with E-state index in [9.17, 15) is 13.2 Å². The first-order valence-corrected chi connectivity index (χ1v) is 6.04. The van der Waals surface area contributed by atoms with Crippen LogP contribution in [0.2, 0.25) is 0 Å². The van der Waals surface area contributed by atoms with Gasteiger partial charge in [0.15, 0.2) is 0 Å². The minimum atomic E-state index is -4.16. The van der Waals surface area contributed by atoms with E-state index in [1.165, 1.54) is 18.2 Å². The lowest BCUT2D eigenvalue weighted by Gasteiger charge is -2.09. The first-order valence-electron chi connectivity index (χ1n) is 4.56. The SMILES string of the molecule is COC(=O)NS(=O)(=O)Nc1ccc(N)cc1C#N.